The first kappa shape index (κ1) is 28.2. The summed E-state index contributed by atoms with van der Waals surface area (Å²) in [5, 5.41) is 9.48. The normalized spacial score (nSPS) is 22.2. The van der Waals surface area contributed by atoms with Crippen LogP contribution >= 0.6 is 0 Å². The summed E-state index contributed by atoms with van der Waals surface area (Å²) < 4.78 is 26.0. The number of likely N-dealkylation sites (N-methyl/N-ethyl adjacent to an activating group) is 1. The Morgan fingerprint density at radius 2 is 2.02 bits per heavy atom. The molecule has 0 spiro atoms. The molecule has 2 atom stereocenters. The maximum atomic E-state index is 13.8. The minimum Gasteiger partial charge on any atom is -0.493 e. The molecule has 6 rings (SSSR count). The lowest BCUT2D eigenvalue weighted by Crippen LogP contribution is -2.55. The number of likely N-dealkylation sites (tertiary alicyclic amines) is 1. The van der Waals surface area contributed by atoms with Gasteiger partial charge >= 0.3 is 6.01 Å². The molecule has 4 aliphatic heterocycles. The van der Waals surface area contributed by atoms with Crippen LogP contribution in [0.25, 0.3) is 0 Å². The van der Waals surface area contributed by atoms with Gasteiger partial charge in [-0.15, -0.1) is 0 Å². The molecule has 10 nitrogen and oxygen atoms in total. The molecule has 222 valence electrons. The maximum Gasteiger partial charge on any atom is 0.318 e. The Labute approximate surface area is 246 Å². The van der Waals surface area contributed by atoms with Crippen LogP contribution < -0.4 is 19.3 Å². The Balaban J connectivity index is 1.31. The highest BCUT2D eigenvalue weighted by Crippen LogP contribution is 2.37. The van der Waals surface area contributed by atoms with E-state index < -0.39 is 17.8 Å². The van der Waals surface area contributed by atoms with E-state index in [9.17, 15) is 14.4 Å². The third-order valence-corrected chi connectivity index (χ3v) is 8.98. The van der Waals surface area contributed by atoms with Crippen LogP contribution in [0.1, 0.15) is 42.5 Å². The summed E-state index contributed by atoms with van der Waals surface area (Å²) in [6.45, 7) is 8.02. The van der Waals surface area contributed by atoms with Gasteiger partial charge in [0.25, 0.3) is 5.91 Å². The number of amides is 1. The highest BCUT2D eigenvalue weighted by molar-refractivity contribution is 5.91. The van der Waals surface area contributed by atoms with Gasteiger partial charge in [0.2, 0.25) is 0 Å². The fourth-order valence-corrected chi connectivity index (χ4v) is 6.70. The lowest BCUT2D eigenvalue weighted by molar-refractivity contribution is -0.131. The zero-order chi connectivity index (χ0) is 29.2. The number of hydrogen-bond acceptors (Lipinski definition) is 9. The van der Waals surface area contributed by atoms with Gasteiger partial charge < -0.3 is 29.1 Å². The number of hydrogen-bond donors (Lipinski definition) is 0. The summed E-state index contributed by atoms with van der Waals surface area (Å²) in [6, 6.07) is 8.61. The van der Waals surface area contributed by atoms with Gasteiger partial charge in [-0.25, -0.2) is 4.39 Å². The van der Waals surface area contributed by atoms with E-state index in [1.54, 1.807) is 0 Å². The molecule has 0 radical (unpaired) electrons. The van der Waals surface area contributed by atoms with Gasteiger partial charge in [0.1, 0.15) is 18.2 Å². The minimum absolute atomic E-state index is 0.0924. The maximum absolute atomic E-state index is 13.8. The van der Waals surface area contributed by atoms with Crippen LogP contribution in [0.2, 0.25) is 0 Å². The number of benzene rings is 1. The summed E-state index contributed by atoms with van der Waals surface area (Å²) in [4.78, 5) is 30.5. The second-order valence-corrected chi connectivity index (χ2v) is 11.6. The highest BCUT2D eigenvalue weighted by Gasteiger charge is 2.35. The fraction of sp³-hybridized carbons (Fsp3) is 0.548. The molecule has 1 aromatic carbocycles. The van der Waals surface area contributed by atoms with Gasteiger partial charge in [-0.1, -0.05) is 12.6 Å². The quantitative estimate of drug-likeness (QED) is 0.461. The van der Waals surface area contributed by atoms with E-state index >= 15 is 0 Å². The molecule has 1 amide bonds. The topological polar surface area (TPSA) is 98.1 Å². The van der Waals surface area contributed by atoms with E-state index in [1.807, 2.05) is 6.07 Å². The third-order valence-electron chi connectivity index (χ3n) is 8.98. The molecule has 0 bridgehead atoms. The molecule has 11 heteroatoms. The van der Waals surface area contributed by atoms with Crippen molar-refractivity contribution in [2.45, 2.75) is 57.2 Å². The van der Waals surface area contributed by atoms with Gasteiger partial charge in [-0.05, 0) is 57.8 Å². The number of ether oxygens (including phenoxy) is 2. The van der Waals surface area contributed by atoms with Crippen LogP contribution in [0.4, 0.5) is 15.9 Å². The summed E-state index contributed by atoms with van der Waals surface area (Å²) in [7, 11) is 2.12. The lowest BCUT2D eigenvalue weighted by Gasteiger charge is -2.42. The van der Waals surface area contributed by atoms with Crippen LogP contribution in [0.15, 0.2) is 30.6 Å². The van der Waals surface area contributed by atoms with Crippen molar-refractivity contribution in [3.05, 3.63) is 47.4 Å². The molecular weight excluding hydrogens is 537 g/mol. The lowest BCUT2D eigenvalue weighted by atomic mass is 9.99. The molecule has 0 N–H and O–H groups in total. The Kier molecular flexibility index (Phi) is 8.16. The predicted molar refractivity (Wildman–Crippen MR) is 156 cm³/mol. The van der Waals surface area contributed by atoms with Crippen molar-refractivity contribution in [2.75, 3.05) is 62.8 Å². The van der Waals surface area contributed by atoms with Gasteiger partial charge in [-0.2, -0.15) is 15.2 Å². The van der Waals surface area contributed by atoms with E-state index in [4.69, 9.17) is 19.4 Å². The van der Waals surface area contributed by atoms with E-state index in [0.29, 0.717) is 38.3 Å². The molecule has 2 fully saturated rings. The number of aromatic nitrogens is 2. The Hall–Kier alpha value is -3.91. The van der Waals surface area contributed by atoms with Crippen LogP contribution in [-0.4, -0.2) is 90.7 Å². The largest absolute Gasteiger partial charge is 0.493 e. The average Bonchev–Trinajstić information content (AvgIpc) is 3.43. The number of piperazine rings is 1. The number of halogens is 1. The number of nitrogens with zero attached hydrogens (tertiary/aromatic N) is 7. The molecule has 2 aromatic rings. The molecular formula is C31H38FN7O3. The first-order chi connectivity index (χ1) is 20.4. The van der Waals surface area contributed by atoms with Crippen molar-refractivity contribution in [3.8, 4) is 17.8 Å². The van der Waals surface area contributed by atoms with Crippen molar-refractivity contribution < 1.29 is 18.7 Å². The van der Waals surface area contributed by atoms with Crippen molar-refractivity contribution in [1.82, 2.24) is 19.8 Å². The summed E-state index contributed by atoms with van der Waals surface area (Å²) in [5.74, 6) is -0.0198. The number of carbonyl (C=O) groups excluding carboxylic acids is 1. The highest BCUT2D eigenvalue weighted by atomic mass is 19.1. The van der Waals surface area contributed by atoms with Gasteiger partial charge in [0.05, 0.1) is 37.4 Å². The predicted octanol–water partition coefficient (Wildman–Crippen LogP) is 3.25. The fourth-order valence-electron chi connectivity index (χ4n) is 6.70. The number of nitriles is 1. The van der Waals surface area contributed by atoms with Crippen LogP contribution in [0.5, 0.6) is 11.8 Å². The molecule has 5 heterocycles. The zero-order valence-electron chi connectivity index (χ0n) is 24.2. The van der Waals surface area contributed by atoms with Gasteiger partial charge in [-0.3, -0.25) is 4.79 Å². The van der Waals surface area contributed by atoms with Crippen molar-refractivity contribution in [1.29, 1.82) is 5.26 Å². The molecule has 4 aliphatic rings. The van der Waals surface area contributed by atoms with E-state index in [-0.39, 0.29) is 13.0 Å². The smallest absolute Gasteiger partial charge is 0.318 e. The average molecular weight is 576 g/mol. The van der Waals surface area contributed by atoms with Crippen LogP contribution in [0.3, 0.4) is 0 Å². The molecule has 0 aliphatic carbocycles. The summed E-state index contributed by atoms with van der Waals surface area (Å²) in [6.07, 6.45) is 5.05. The van der Waals surface area contributed by atoms with Gasteiger partial charge in [0.15, 0.2) is 5.83 Å². The Bertz CT molecular complexity index is 1400. The SMILES string of the molecule is C=C(F)C(=O)N1CCN(c2nc(OC[C@@H]3CCCN3C)nc3c2CCN(c2cccc4c2CCCO4)C3)C[C@@H]1CC#N. The number of carbonyl (C=O) groups is 1. The number of anilines is 2. The van der Waals surface area contributed by atoms with E-state index in [1.165, 1.54) is 16.2 Å². The Morgan fingerprint density at radius 1 is 1.14 bits per heavy atom. The van der Waals surface area contributed by atoms with Gasteiger partial charge in [0, 0.05) is 49.0 Å². The standard InChI is InChI=1S/C31H38FN7O3/c1-21(32)30(40)39-16-15-38(18-22(39)10-12-33)29-24-11-14-37(27-8-3-9-28-25(27)7-5-17-41-28)19-26(24)34-31(35-29)42-20-23-6-4-13-36(23)2/h3,8-9,22-23H,1,4-7,10-11,13-20H2,2H3/t22-,23-/m0/s1. The zero-order valence-corrected chi connectivity index (χ0v) is 24.2. The summed E-state index contributed by atoms with van der Waals surface area (Å²) in [5.41, 5.74) is 4.41. The Morgan fingerprint density at radius 3 is 2.81 bits per heavy atom. The summed E-state index contributed by atoms with van der Waals surface area (Å²) >= 11 is 0. The molecule has 42 heavy (non-hydrogen) atoms. The first-order valence-corrected chi connectivity index (χ1v) is 14.9. The second kappa shape index (κ2) is 12.1. The molecule has 0 saturated carbocycles. The molecule has 0 unspecified atom stereocenters. The number of rotatable bonds is 7. The van der Waals surface area contributed by atoms with Crippen LogP contribution in [-0.2, 0) is 24.2 Å². The van der Waals surface area contributed by atoms with E-state index in [0.717, 1.165) is 74.6 Å². The number of fused-ring (bicyclic) bond motifs is 2. The monoisotopic (exact) mass is 575 g/mol. The molecule has 1 aromatic heterocycles. The minimum atomic E-state index is -1.01. The van der Waals surface area contributed by atoms with Crippen LogP contribution in [0, 0.1) is 11.3 Å². The van der Waals surface area contributed by atoms with E-state index in [2.05, 4.69) is 46.5 Å². The third kappa shape index (κ3) is 5.60. The van der Waals surface area contributed by atoms with Crippen molar-refractivity contribution >= 4 is 17.4 Å². The molecule has 2 saturated heterocycles. The van der Waals surface area contributed by atoms with Crippen molar-refractivity contribution in [3.63, 3.8) is 0 Å². The van der Waals surface area contributed by atoms with Crippen molar-refractivity contribution in [2.24, 2.45) is 0 Å². The first-order valence-electron chi connectivity index (χ1n) is 14.9. The second-order valence-electron chi connectivity index (χ2n) is 11.6.